The number of hydrogen-bond donors (Lipinski definition) is 0. The van der Waals surface area contributed by atoms with Crippen molar-refractivity contribution in [3.63, 3.8) is 0 Å². The highest BCUT2D eigenvalue weighted by atomic mass is 32.1. The van der Waals surface area contributed by atoms with Gasteiger partial charge in [0.1, 0.15) is 11.2 Å². The van der Waals surface area contributed by atoms with Crippen LogP contribution < -0.4 is 0 Å². The van der Waals surface area contributed by atoms with Crippen molar-refractivity contribution in [3.8, 4) is 67.5 Å². The molecule has 0 bridgehead atoms. The first-order chi connectivity index (χ1) is 27.7. The molecule has 3 heterocycles. The molecule has 0 amide bonds. The van der Waals surface area contributed by atoms with Gasteiger partial charge in [0.2, 0.25) is 0 Å². The van der Waals surface area contributed by atoms with E-state index < -0.39 is 0 Å². The van der Waals surface area contributed by atoms with Crippen molar-refractivity contribution in [1.82, 2.24) is 15.0 Å². The van der Waals surface area contributed by atoms with Gasteiger partial charge in [0.15, 0.2) is 17.5 Å². The summed E-state index contributed by atoms with van der Waals surface area (Å²) in [4.78, 5) is 15.3. The molecule has 8 aromatic carbocycles. The Morgan fingerprint density at radius 2 is 0.839 bits per heavy atom. The van der Waals surface area contributed by atoms with Crippen LogP contribution in [0.4, 0.5) is 0 Å². The van der Waals surface area contributed by atoms with Gasteiger partial charge in [0, 0.05) is 53.2 Å². The summed E-state index contributed by atoms with van der Waals surface area (Å²) in [6.07, 6.45) is 0. The Balaban J connectivity index is 1.13. The summed E-state index contributed by atoms with van der Waals surface area (Å²) in [5, 5.41) is 4.57. The maximum Gasteiger partial charge on any atom is 0.167 e. The molecular formula is C51H31N3OS. The standard InChI is InChI=1S/C51H31N3OS/c1-4-15-32(16-5-1)35-21-12-22-36(29-35)50-52-49(34-19-8-3-9-20-34)53-51(54-50)42-27-14-25-40-39-24-13-26-41(46(39)55-47(40)42)44-31-37(33-17-6-2-7-18-33)30-43-38-23-10-11-28-45(38)56-48(43)44/h1-31H. The maximum atomic E-state index is 7.06. The van der Waals surface area contributed by atoms with Gasteiger partial charge >= 0.3 is 0 Å². The molecule has 3 aromatic heterocycles. The van der Waals surface area contributed by atoms with Gasteiger partial charge in [-0.25, -0.2) is 15.0 Å². The van der Waals surface area contributed by atoms with Gasteiger partial charge < -0.3 is 4.42 Å². The lowest BCUT2D eigenvalue weighted by atomic mass is 9.95. The zero-order chi connectivity index (χ0) is 37.0. The third kappa shape index (κ3) is 5.48. The van der Waals surface area contributed by atoms with Gasteiger partial charge in [0.25, 0.3) is 0 Å². The van der Waals surface area contributed by atoms with Crippen molar-refractivity contribution in [1.29, 1.82) is 0 Å². The molecule has 0 atom stereocenters. The second kappa shape index (κ2) is 13.3. The summed E-state index contributed by atoms with van der Waals surface area (Å²) in [6, 6.07) is 65.6. The van der Waals surface area contributed by atoms with Crippen molar-refractivity contribution in [2.24, 2.45) is 0 Å². The average molecular weight is 734 g/mol. The van der Waals surface area contributed by atoms with Crippen molar-refractivity contribution in [2.45, 2.75) is 0 Å². The highest BCUT2D eigenvalue weighted by molar-refractivity contribution is 7.26. The molecular weight excluding hydrogens is 703 g/mol. The molecule has 0 aliphatic carbocycles. The minimum atomic E-state index is 0.558. The molecule has 0 unspecified atom stereocenters. The van der Waals surface area contributed by atoms with Crippen LogP contribution in [0.3, 0.4) is 0 Å². The van der Waals surface area contributed by atoms with Gasteiger partial charge in [-0.3, -0.25) is 0 Å². The number of aromatic nitrogens is 3. The van der Waals surface area contributed by atoms with Crippen LogP contribution in [0.5, 0.6) is 0 Å². The van der Waals surface area contributed by atoms with Crippen LogP contribution in [0.2, 0.25) is 0 Å². The Hall–Kier alpha value is -7.21. The molecule has 0 radical (unpaired) electrons. The van der Waals surface area contributed by atoms with E-state index in [0.29, 0.717) is 17.5 Å². The van der Waals surface area contributed by atoms with E-state index >= 15 is 0 Å². The highest BCUT2D eigenvalue weighted by Gasteiger charge is 2.21. The third-order valence-electron chi connectivity index (χ3n) is 10.5. The second-order valence-electron chi connectivity index (χ2n) is 14.0. The Bertz CT molecular complexity index is 3240. The topological polar surface area (TPSA) is 51.8 Å². The molecule has 0 spiro atoms. The molecule has 56 heavy (non-hydrogen) atoms. The predicted molar refractivity (Wildman–Crippen MR) is 233 cm³/mol. The first-order valence-corrected chi connectivity index (χ1v) is 19.5. The molecule has 11 rings (SSSR count). The van der Waals surface area contributed by atoms with Gasteiger partial charge in [0.05, 0.1) is 5.56 Å². The summed E-state index contributed by atoms with van der Waals surface area (Å²) in [7, 11) is 0. The third-order valence-corrected chi connectivity index (χ3v) is 11.8. The van der Waals surface area contributed by atoms with Crippen LogP contribution in [-0.4, -0.2) is 15.0 Å². The Labute approximate surface area is 327 Å². The van der Waals surface area contributed by atoms with Crippen molar-refractivity contribution >= 4 is 53.4 Å². The number of thiophene rings is 1. The van der Waals surface area contributed by atoms with Gasteiger partial charge in [-0.1, -0.05) is 158 Å². The smallest absolute Gasteiger partial charge is 0.167 e. The first kappa shape index (κ1) is 32.2. The lowest BCUT2D eigenvalue weighted by molar-refractivity contribution is 0.670. The number of furan rings is 1. The van der Waals surface area contributed by atoms with E-state index in [-0.39, 0.29) is 0 Å². The van der Waals surface area contributed by atoms with E-state index in [1.54, 1.807) is 0 Å². The summed E-state index contributed by atoms with van der Waals surface area (Å²) in [5.74, 6) is 1.77. The summed E-state index contributed by atoms with van der Waals surface area (Å²) in [6.45, 7) is 0. The fourth-order valence-corrected chi connectivity index (χ4v) is 9.06. The van der Waals surface area contributed by atoms with Gasteiger partial charge in [-0.2, -0.15) is 0 Å². The number of rotatable bonds is 6. The molecule has 0 N–H and O–H groups in total. The predicted octanol–water partition coefficient (Wildman–Crippen LogP) is 14.1. The average Bonchev–Trinajstić information content (AvgIpc) is 3.86. The summed E-state index contributed by atoms with van der Waals surface area (Å²) >= 11 is 1.83. The zero-order valence-corrected chi connectivity index (χ0v) is 30.9. The summed E-state index contributed by atoms with van der Waals surface area (Å²) in [5.41, 5.74) is 11.0. The number of nitrogens with zero attached hydrogens (tertiary/aromatic N) is 3. The molecule has 0 aliphatic heterocycles. The molecule has 0 fully saturated rings. The Morgan fingerprint density at radius 3 is 1.57 bits per heavy atom. The maximum absolute atomic E-state index is 7.06. The van der Waals surface area contributed by atoms with E-state index in [0.717, 1.165) is 60.9 Å². The number of hydrogen-bond acceptors (Lipinski definition) is 5. The molecule has 11 aromatic rings. The Kier molecular flexibility index (Phi) is 7.64. The minimum Gasteiger partial charge on any atom is -0.455 e. The van der Waals surface area contributed by atoms with Crippen LogP contribution in [0.15, 0.2) is 192 Å². The van der Waals surface area contributed by atoms with Crippen LogP contribution in [0.25, 0.3) is 110 Å². The zero-order valence-electron chi connectivity index (χ0n) is 30.1. The summed E-state index contributed by atoms with van der Waals surface area (Å²) < 4.78 is 9.57. The van der Waals surface area contributed by atoms with E-state index in [1.807, 2.05) is 47.7 Å². The van der Waals surface area contributed by atoms with E-state index in [1.165, 1.54) is 31.3 Å². The highest BCUT2D eigenvalue weighted by Crippen LogP contribution is 2.46. The fraction of sp³-hybridized carbons (Fsp3) is 0. The normalized spacial score (nSPS) is 11.6. The molecule has 0 aliphatic rings. The lowest BCUT2D eigenvalue weighted by Crippen LogP contribution is -2.00. The van der Waals surface area contributed by atoms with Crippen molar-refractivity contribution in [2.75, 3.05) is 0 Å². The van der Waals surface area contributed by atoms with Gasteiger partial charge in [-0.15, -0.1) is 11.3 Å². The SMILES string of the molecule is c1ccc(-c2cccc(-c3nc(-c4ccccc4)nc(-c4cccc5c4oc4c(-c6cc(-c7ccccc7)cc7c6sc6ccccc67)cccc45)n3)c2)cc1. The van der Waals surface area contributed by atoms with Crippen LogP contribution >= 0.6 is 11.3 Å². The molecule has 5 heteroatoms. The minimum absolute atomic E-state index is 0.558. The molecule has 0 saturated carbocycles. The molecule has 262 valence electrons. The molecule has 4 nitrogen and oxygen atoms in total. The van der Waals surface area contributed by atoms with Crippen molar-refractivity contribution in [3.05, 3.63) is 188 Å². The largest absolute Gasteiger partial charge is 0.455 e. The van der Waals surface area contributed by atoms with Crippen LogP contribution in [0, 0.1) is 0 Å². The van der Waals surface area contributed by atoms with Crippen LogP contribution in [0.1, 0.15) is 0 Å². The fourth-order valence-electron chi connectivity index (χ4n) is 7.84. The second-order valence-corrected chi connectivity index (χ2v) is 15.0. The van der Waals surface area contributed by atoms with Crippen LogP contribution in [-0.2, 0) is 0 Å². The number of benzene rings is 8. The van der Waals surface area contributed by atoms with E-state index in [2.05, 4.69) is 152 Å². The monoisotopic (exact) mass is 733 g/mol. The Morgan fingerprint density at radius 1 is 0.321 bits per heavy atom. The quantitative estimate of drug-likeness (QED) is 0.171. The van der Waals surface area contributed by atoms with Gasteiger partial charge in [-0.05, 0) is 52.6 Å². The lowest BCUT2D eigenvalue weighted by Gasteiger charge is -2.10. The molecule has 0 saturated heterocycles. The number of para-hydroxylation sites is 2. The van der Waals surface area contributed by atoms with E-state index in [9.17, 15) is 0 Å². The van der Waals surface area contributed by atoms with Crippen molar-refractivity contribution < 1.29 is 4.42 Å². The first-order valence-electron chi connectivity index (χ1n) is 18.7. The van der Waals surface area contributed by atoms with E-state index in [4.69, 9.17) is 19.4 Å². The number of fused-ring (bicyclic) bond motifs is 6.